The zero-order valence-electron chi connectivity index (χ0n) is 14.7. The van der Waals surface area contributed by atoms with Crippen molar-refractivity contribution in [3.8, 4) is 11.3 Å². The molecule has 0 radical (unpaired) electrons. The van der Waals surface area contributed by atoms with Crippen molar-refractivity contribution in [2.75, 3.05) is 0 Å². The van der Waals surface area contributed by atoms with Gasteiger partial charge in [-0.25, -0.2) is 9.37 Å². The number of nitrogens with one attached hydrogen (secondary N) is 2. The molecular formula is C19H13ClF4N4O. The Bertz CT molecular complexity index is 1110. The van der Waals surface area contributed by atoms with Crippen LogP contribution in [0.4, 0.5) is 17.6 Å². The van der Waals surface area contributed by atoms with Crippen LogP contribution in [0.1, 0.15) is 32.9 Å². The summed E-state index contributed by atoms with van der Waals surface area (Å²) < 4.78 is 55.0. The number of carbonyl (C=O) groups excluding carboxylic acids is 1. The molecule has 4 rings (SSSR count). The van der Waals surface area contributed by atoms with Crippen molar-refractivity contribution >= 4 is 17.5 Å². The molecule has 0 aliphatic heterocycles. The van der Waals surface area contributed by atoms with Gasteiger partial charge in [0.05, 0.1) is 23.1 Å². The van der Waals surface area contributed by atoms with E-state index in [2.05, 4.69) is 20.5 Å². The van der Waals surface area contributed by atoms with E-state index in [0.717, 1.165) is 6.07 Å². The van der Waals surface area contributed by atoms with Crippen molar-refractivity contribution in [3.63, 3.8) is 0 Å². The third-order valence-corrected chi connectivity index (χ3v) is 4.92. The summed E-state index contributed by atoms with van der Waals surface area (Å²) in [6.07, 6.45) is -2.49. The van der Waals surface area contributed by atoms with Gasteiger partial charge in [-0.15, -0.1) is 0 Å². The highest BCUT2D eigenvalue weighted by molar-refractivity contribution is 6.30. The number of hydrogen-bond acceptors (Lipinski definition) is 3. The predicted octanol–water partition coefficient (Wildman–Crippen LogP) is 4.31. The van der Waals surface area contributed by atoms with Crippen LogP contribution in [0.2, 0.25) is 5.02 Å². The number of hydrogen-bond donors (Lipinski definition) is 2. The normalized spacial score (nSPS) is 13.0. The number of aryl methyl sites for hydroxylation is 2. The molecule has 0 spiro atoms. The largest absolute Gasteiger partial charge is 0.417 e. The monoisotopic (exact) mass is 424 g/mol. The Hall–Kier alpha value is -2.94. The van der Waals surface area contributed by atoms with Crippen LogP contribution in [-0.4, -0.2) is 21.1 Å². The molecule has 1 aliphatic carbocycles. The first-order valence-corrected chi connectivity index (χ1v) is 8.97. The molecule has 0 bridgehead atoms. The lowest BCUT2D eigenvalue weighted by Crippen LogP contribution is -2.26. The molecule has 2 heterocycles. The standard InChI is InChI=1S/C19H13ClF4N4O/c20-11-3-1-9(13(21)5-11)7-25-18(29)15-6-12(19(22,23)24)16-14(27-15)4-2-10-8-26-28-17(10)16/h1,3,5-6,8H,2,4,7H2,(H,25,29)(H,26,28). The molecule has 1 aromatic carbocycles. The van der Waals surface area contributed by atoms with E-state index >= 15 is 0 Å². The van der Waals surface area contributed by atoms with E-state index in [-0.39, 0.29) is 46.2 Å². The first kappa shape index (κ1) is 19.4. The van der Waals surface area contributed by atoms with Gasteiger partial charge in [0.1, 0.15) is 11.5 Å². The summed E-state index contributed by atoms with van der Waals surface area (Å²) >= 11 is 5.68. The van der Waals surface area contributed by atoms with Gasteiger partial charge in [0, 0.05) is 22.7 Å². The van der Waals surface area contributed by atoms with E-state index in [9.17, 15) is 22.4 Å². The topological polar surface area (TPSA) is 70.7 Å². The smallest absolute Gasteiger partial charge is 0.347 e. The lowest BCUT2D eigenvalue weighted by Gasteiger charge is -2.21. The number of benzene rings is 1. The van der Waals surface area contributed by atoms with Gasteiger partial charge in [-0.05, 0) is 36.6 Å². The third kappa shape index (κ3) is 3.69. The average molecular weight is 425 g/mol. The number of pyridine rings is 1. The summed E-state index contributed by atoms with van der Waals surface area (Å²) in [6.45, 7) is -0.216. The SMILES string of the molecule is O=C(NCc1ccc(Cl)cc1F)c1cc(C(F)(F)F)c2c(n1)CCc1cn[nH]c1-2. The van der Waals surface area contributed by atoms with Gasteiger partial charge in [0.15, 0.2) is 0 Å². The Kier molecular flexibility index (Phi) is 4.77. The summed E-state index contributed by atoms with van der Waals surface area (Å²) in [6, 6.07) is 4.64. The number of H-pyrrole nitrogens is 1. The number of rotatable bonds is 3. The lowest BCUT2D eigenvalue weighted by atomic mass is 9.90. The minimum atomic E-state index is -4.69. The fourth-order valence-electron chi connectivity index (χ4n) is 3.30. The van der Waals surface area contributed by atoms with Gasteiger partial charge in [0.2, 0.25) is 0 Å². The van der Waals surface area contributed by atoms with Crippen molar-refractivity contribution in [3.05, 3.63) is 69.4 Å². The Balaban J connectivity index is 1.67. The van der Waals surface area contributed by atoms with Crippen LogP contribution in [0.5, 0.6) is 0 Å². The van der Waals surface area contributed by atoms with Crippen LogP contribution >= 0.6 is 11.6 Å². The van der Waals surface area contributed by atoms with Crippen LogP contribution in [0.3, 0.4) is 0 Å². The van der Waals surface area contributed by atoms with E-state index in [1.54, 1.807) is 0 Å². The minimum Gasteiger partial charge on any atom is -0.347 e. The van der Waals surface area contributed by atoms with Crippen LogP contribution in [0.25, 0.3) is 11.3 Å². The first-order valence-electron chi connectivity index (χ1n) is 8.60. The van der Waals surface area contributed by atoms with Gasteiger partial charge in [-0.3, -0.25) is 9.89 Å². The predicted molar refractivity (Wildman–Crippen MR) is 96.8 cm³/mol. The molecule has 10 heteroatoms. The Morgan fingerprint density at radius 3 is 2.76 bits per heavy atom. The molecule has 2 N–H and O–H groups in total. The third-order valence-electron chi connectivity index (χ3n) is 4.69. The fraction of sp³-hybridized carbons (Fsp3) is 0.211. The van der Waals surface area contributed by atoms with Crippen molar-refractivity contribution < 1.29 is 22.4 Å². The van der Waals surface area contributed by atoms with E-state index < -0.39 is 23.5 Å². The van der Waals surface area contributed by atoms with Gasteiger partial charge in [0.25, 0.3) is 5.91 Å². The van der Waals surface area contributed by atoms with E-state index in [1.165, 1.54) is 18.3 Å². The maximum Gasteiger partial charge on any atom is 0.417 e. The van der Waals surface area contributed by atoms with Crippen LogP contribution in [0.15, 0.2) is 30.5 Å². The zero-order chi connectivity index (χ0) is 20.8. The molecule has 150 valence electrons. The van der Waals surface area contributed by atoms with E-state index in [0.29, 0.717) is 18.1 Å². The summed E-state index contributed by atoms with van der Waals surface area (Å²) in [7, 11) is 0. The second-order valence-corrected chi connectivity index (χ2v) is 7.00. The average Bonchev–Trinajstić information content (AvgIpc) is 3.14. The Labute approximate surface area is 167 Å². The molecule has 1 aliphatic rings. The molecule has 0 fully saturated rings. The fourth-order valence-corrected chi connectivity index (χ4v) is 3.46. The maximum absolute atomic E-state index is 13.8. The highest BCUT2D eigenvalue weighted by Gasteiger charge is 2.38. The van der Waals surface area contributed by atoms with E-state index in [1.807, 2.05) is 0 Å². The minimum absolute atomic E-state index is 0.0865. The lowest BCUT2D eigenvalue weighted by molar-refractivity contribution is -0.137. The Morgan fingerprint density at radius 1 is 1.24 bits per heavy atom. The number of aromatic amines is 1. The molecule has 29 heavy (non-hydrogen) atoms. The molecule has 2 aromatic heterocycles. The summed E-state index contributed by atoms with van der Waals surface area (Å²) in [5.74, 6) is -1.46. The highest BCUT2D eigenvalue weighted by Crippen LogP contribution is 2.41. The van der Waals surface area contributed by atoms with Gasteiger partial charge in [-0.1, -0.05) is 17.7 Å². The van der Waals surface area contributed by atoms with Gasteiger partial charge < -0.3 is 5.32 Å². The number of nitrogens with zero attached hydrogens (tertiary/aromatic N) is 2. The number of carbonyl (C=O) groups is 1. The molecular weight excluding hydrogens is 412 g/mol. The van der Waals surface area contributed by atoms with Crippen molar-refractivity contribution in [1.29, 1.82) is 0 Å². The number of fused-ring (bicyclic) bond motifs is 3. The summed E-state index contributed by atoms with van der Waals surface area (Å²) in [5, 5.41) is 9.01. The highest BCUT2D eigenvalue weighted by atomic mass is 35.5. The van der Waals surface area contributed by atoms with Crippen molar-refractivity contribution in [1.82, 2.24) is 20.5 Å². The maximum atomic E-state index is 13.8. The second-order valence-electron chi connectivity index (χ2n) is 6.56. The van der Waals surface area contributed by atoms with Gasteiger partial charge >= 0.3 is 6.18 Å². The summed E-state index contributed by atoms with van der Waals surface area (Å²) in [4.78, 5) is 16.6. The van der Waals surface area contributed by atoms with Crippen LogP contribution < -0.4 is 5.32 Å². The molecule has 0 atom stereocenters. The molecule has 0 saturated carbocycles. The van der Waals surface area contributed by atoms with Gasteiger partial charge in [-0.2, -0.15) is 18.3 Å². The summed E-state index contributed by atoms with van der Waals surface area (Å²) in [5.41, 5.74) is -0.180. The number of amides is 1. The zero-order valence-corrected chi connectivity index (χ0v) is 15.5. The number of alkyl halides is 3. The first-order chi connectivity index (χ1) is 13.7. The Morgan fingerprint density at radius 2 is 2.03 bits per heavy atom. The number of aromatic nitrogens is 3. The van der Waals surface area contributed by atoms with Crippen LogP contribution in [-0.2, 0) is 25.6 Å². The molecule has 1 amide bonds. The number of halogens is 5. The van der Waals surface area contributed by atoms with E-state index in [4.69, 9.17) is 11.6 Å². The van der Waals surface area contributed by atoms with Crippen molar-refractivity contribution in [2.24, 2.45) is 0 Å². The molecule has 0 unspecified atom stereocenters. The molecule has 3 aromatic rings. The van der Waals surface area contributed by atoms with Crippen molar-refractivity contribution in [2.45, 2.75) is 25.6 Å². The molecule has 5 nitrogen and oxygen atoms in total. The molecule has 0 saturated heterocycles. The second kappa shape index (κ2) is 7.14. The quantitative estimate of drug-likeness (QED) is 0.615. The van der Waals surface area contributed by atoms with Crippen LogP contribution in [0, 0.1) is 5.82 Å².